The number of rotatable bonds is 4. The average molecular weight is 447 g/mol. The standard InChI is InChI=1S/C25H26N4O4/c1-15-22(16-3-6-19(31-2)7-4-16)23(28-25(26)27-15)17-9-11-29(12-10-17)24(30)18-5-8-20-21(13-18)33-14-32-20/h3-8,13,17H,9-12,14H2,1-2H3,(H2,26,27,28). The van der Waals surface area contributed by atoms with Gasteiger partial charge >= 0.3 is 0 Å². The number of carbonyl (C=O) groups excluding carboxylic acids is 1. The first-order chi connectivity index (χ1) is 16.0. The molecule has 8 nitrogen and oxygen atoms in total. The number of likely N-dealkylation sites (tertiary alicyclic amines) is 1. The van der Waals surface area contributed by atoms with Crippen molar-refractivity contribution in [1.29, 1.82) is 0 Å². The number of hydrogen-bond donors (Lipinski definition) is 1. The van der Waals surface area contributed by atoms with E-state index in [0.717, 1.165) is 41.1 Å². The SMILES string of the molecule is COc1ccc(-c2c(C)nc(N)nc2C2CCN(C(=O)c3ccc4c(c3)OCO4)CC2)cc1. The fourth-order valence-electron chi connectivity index (χ4n) is 4.60. The van der Waals surface area contributed by atoms with Gasteiger partial charge < -0.3 is 24.8 Å². The lowest BCUT2D eigenvalue weighted by Gasteiger charge is -2.33. The Labute approximate surface area is 192 Å². The predicted molar refractivity (Wildman–Crippen MR) is 124 cm³/mol. The molecule has 2 aliphatic rings. The van der Waals surface area contributed by atoms with Crippen LogP contribution in [0.4, 0.5) is 5.95 Å². The molecule has 1 aromatic heterocycles. The zero-order valence-corrected chi connectivity index (χ0v) is 18.7. The van der Waals surface area contributed by atoms with Crippen LogP contribution < -0.4 is 19.9 Å². The minimum absolute atomic E-state index is 0.000472. The van der Waals surface area contributed by atoms with Crippen LogP contribution in [0.3, 0.4) is 0 Å². The topological polar surface area (TPSA) is 99.8 Å². The molecule has 3 aromatic rings. The van der Waals surface area contributed by atoms with E-state index in [1.807, 2.05) is 36.1 Å². The number of nitrogen functional groups attached to an aromatic ring is 1. The highest BCUT2D eigenvalue weighted by molar-refractivity contribution is 5.95. The van der Waals surface area contributed by atoms with Gasteiger partial charge in [0.2, 0.25) is 12.7 Å². The maximum atomic E-state index is 13.1. The lowest BCUT2D eigenvalue weighted by atomic mass is 9.87. The molecular formula is C25H26N4O4. The van der Waals surface area contributed by atoms with Gasteiger partial charge in [-0.2, -0.15) is 0 Å². The Balaban J connectivity index is 1.36. The molecule has 170 valence electrons. The largest absolute Gasteiger partial charge is 0.497 e. The Kier molecular flexibility index (Phi) is 5.50. The molecule has 0 aliphatic carbocycles. The monoisotopic (exact) mass is 446 g/mol. The third-order valence-corrected chi connectivity index (χ3v) is 6.30. The van der Waals surface area contributed by atoms with Crippen LogP contribution in [0.2, 0.25) is 0 Å². The highest BCUT2D eigenvalue weighted by Gasteiger charge is 2.29. The number of hydrogen-bond acceptors (Lipinski definition) is 7. The second-order valence-electron chi connectivity index (χ2n) is 8.29. The lowest BCUT2D eigenvalue weighted by molar-refractivity contribution is 0.0711. The Hall–Kier alpha value is -3.81. The number of benzene rings is 2. The number of carbonyl (C=O) groups is 1. The molecule has 0 atom stereocenters. The fraction of sp³-hybridized carbons (Fsp3) is 0.320. The molecule has 0 unspecified atom stereocenters. The van der Waals surface area contributed by atoms with Crippen molar-refractivity contribution in [3.8, 4) is 28.4 Å². The van der Waals surface area contributed by atoms with E-state index in [4.69, 9.17) is 19.9 Å². The van der Waals surface area contributed by atoms with Gasteiger partial charge in [-0.25, -0.2) is 9.97 Å². The minimum Gasteiger partial charge on any atom is -0.497 e. The summed E-state index contributed by atoms with van der Waals surface area (Å²) in [5, 5.41) is 0. The number of piperidine rings is 1. The third kappa shape index (κ3) is 4.04. The van der Waals surface area contributed by atoms with E-state index in [1.165, 1.54) is 0 Å². The first kappa shape index (κ1) is 21.1. The molecule has 3 heterocycles. The van der Waals surface area contributed by atoms with Crippen molar-refractivity contribution >= 4 is 11.9 Å². The second-order valence-corrected chi connectivity index (χ2v) is 8.29. The summed E-state index contributed by atoms with van der Waals surface area (Å²) in [5.41, 5.74) is 10.5. The van der Waals surface area contributed by atoms with Gasteiger partial charge in [-0.05, 0) is 55.7 Å². The second kappa shape index (κ2) is 8.61. The van der Waals surface area contributed by atoms with Crippen molar-refractivity contribution in [3.63, 3.8) is 0 Å². The van der Waals surface area contributed by atoms with Gasteiger partial charge in [-0.1, -0.05) is 12.1 Å². The summed E-state index contributed by atoms with van der Waals surface area (Å²) in [7, 11) is 1.65. The summed E-state index contributed by atoms with van der Waals surface area (Å²) in [6.45, 7) is 3.43. The third-order valence-electron chi connectivity index (χ3n) is 6.30. The maximum absolute atomic E-state index is 13.1. The first-order valence-corrected chi connectivity index (χ1v) is 11.0. The van der Waals surface area contributed by atoms with Crippen LogP contribution in [0.15, 0.2) is 42.5 Å². The molecule has 2 aromatic carbocycles. The number of aromatic nitrogens is 2. The zero-order valence-electron chi connectivity index (χ0n) is 18.7. The van der Waals surface area contributed by atoms with Crippen LogP contribution in [0.5, 0.6) is 17.2 Å². The number of ether oxygens (including phenoxy) is 3. The van der Waals surface area contributed by atoms with E-state index in [9.17, 15) is 4.79 Å². The number of methoxy groups -OCH3 is 1. The molecule has 0 saturated carbocycles. The minimum atomic E-state index is 0.000472. The van der Waals surface area contributed by atoms with Crippen LogP contribution in [0.1, 0.15) is 40.5 Å². The van der Waals surface area contributed by atoms with Gasteiger partial charge in [-0.15, -0.1) is 0 Å². The van der Waals surface area contributed by atoms with E-state index >= 15 is 0 Å². The van der Waals surface area contributed by atoms with E-state index in [0.29, 0.717) is 30.2 Å². The number of amides is 1. The molecule has 1 amide bonds. The lowest BCUT2D eigenvalue weighted by Crippen LogP contribution is -2.38. The smallest absolute Gasteiger partial charge is 0.253 e. The van der Waals surface area contributed by atoms with Crippen LogP contribution >= 0.6 is 0 Å². The van der Waals surface area contributed by atoms with E-state index < -0.39 is 0 Å². The van der Waals surface area contributed by atoms with Crippen LogP contribution in [0, 0.1) is 6.92 Å². The van der Waals surface area contributed by atoms with Gasteiger partial charge in [0.1, 0.15) is 5.75 Å². The highest BCUT2D eigenvalue weighted by atomic mass is 16.7. The van der Waals surface area contributed by atoms with Gasteiger partial charge in [0.05, 0.1) is 18.5 Å². The Morgan fingerprint density at radius 3 is 2.52 bits per heavy atom. The van der Waals surface area contributed by atoms with Gasteiger partial charge in [0.15, 0.2) is 11.5 Å². The van der Waals surface area contributed by atoms with Crippen molar-refractivity contribution in [2.75, 3.05) is 32.7 Å². The van der Waals surface area contributed by atoms with Gasteiger partial charge in [0, 0.05) is 30.1 Å². The molecule has 8 heteroatoms. The van der Waals surface area contributed by atoms with Crippen LogP contribution in [-0.2, 0) is 0 Å². The summed E-state index contributed by atoms with van der Waals surface area (Å²) in [6.07, 6.45) is 1.60. The summed E-state index contributed by atoms with van der Waals surface area (Å²) >= 11 is 0. The molecule has 5 rings (SSSR count). The molecular weight excluding hydrogens is 420 g/mol. The van der Waals surface area contributed by atoms with E-state index in [2.05, 4.69) is 9.97 Å². The van der Waals surface area contributed by atoms with E-state index in [-0.39, 0.29) is 24.6 Å². The van der Waals surface area contributed by atoms with Crippen LogP contribution in [-0.4, -0.2) is 47.8 Å². The van der Waals surface area contributed by atoms with Crippen molar-refractivity contribution < 1.29 is 19.0 Å². The molecule has 0 spiro atoms. The normalized spacial score (nSPS) is 15.5. The predicted octanol–water partition coefficient (Wildman–Crippen LogP) is 3.79. The summed E-state index contributed by atoms with van der Waals surface area (Å²) in [4.78, 5) is 24.0. The Morgan fingerprint density at radius 2 is 1.79 bits per heavy atom. The van der Waals surface area contributed by atoms with Crippen molar-refractivity contribution in [3.05, 3.63) is 59.4 Å². The molecule has 2 aliphatic heterocycles. The van der Waals surface area contributed by atoms with Crippen molar-refractivity contribution in [2.24, 2.45) is 0 Å². The highest BCUT2D eigenvalue weighted by Crippen LogP contribution is 2.37. The average Bonchev–Trinajstić information content (AvgIpc) is 3.31. The fourth-order valence-corrected chi connectivity index (χ4v) is 4.60. The van der Waals surface area contributed by atoms with Crippen molar-refractivity contribution in [1.82, 2.24) is 14.9 Å². The van der Waals surface area contributed by atoms with Crippen LogP contribution in [0.25, 0.3) is 11.1 Å². The molecule has 1 fully saturated rings. The molecule has 33 heavy (non-hydrogen) atoms. The van der Waals surface area contributed by atoms with E-state index in [1.54, 1.807) is 25.3 Å². The summed E-state index contributed by atoms with van der Waals surface area (Å²) < 4.78 is 16.1. The number of fused-ring (bicyclic) bond motifs is 1. The zero-order chi connectivity index (χ0) is 22.9. The molecule has 2 N–H and O–H groups in total. The first-order valence-electron chi connectivity index (χ1n) is 11.0. The number of nitrogens with zero attached hydrogens (tertiary/aromatic N) is 3. The summed E-state index contributed by atoms with van der Waals surface area (Å²) in [5.74, 6) is 2.55. The molecule has 1 saturated heterocycles. The molecule has 0 bridgehead atoms. The summed E-state index contributed by atoms with van der Waals surface area (Å²) in [6, 6.07) is 13.2. The van der Waals surface area contributed by atoms with Gasteiger partial charge in [-0.3, -0.25) is 4.79 Å². The Morgan fingerprint density at radius 1 is 1.06 bits per heavy atom. The Bertz CT molecular complexity index is 1190. The maximum Gasteiger partial charge on any atom is 0.253 e. The number of anilines is 1. The van der Waals surface area contributed by atoms with Gasteiger partial charge in [0.25, 0.3) is 5.91 Å². The van der Waals surface area contributed by atoms with Crippen molar-refractivity contribution in [2.45, 2.75) is 25.7 Å². The quantitative estimate of drug-likeness (QED) is 0.651. The molecule has 0 radical (unpaired) electrons. The number of nitrogens with two attached hydrogens (primary N) is 1. The number of aryl methyl sites for hydroxylation is 1.